The van der Waals surface area contributed by atoms with E-state index >= 15 is 0 Å². The molecule has 0 unspecified atom stereocenters. The summed E-state index contributed by atoms with van der Waals surface area (Å²) in [6.45, 7) is 11.6. The second kappa shape index (κ2) is 6.55. The van der Waals surface area contributed by atoms with Gasteiger partial charge in [-0.05, 0) is 64.8 Å². The van der Waals surface area contributed by atoms with Gasteiger partial charge >= 0.3 is 6.09 Å². The Labute approximate surface area is 121 Å². The van der Waals surface area contributed by atoms with Crippen molar-refractivity contribution in [3.05, 3.63) is 29.3 Å². The molecule has 0 fully saturated rings. The average molecular weight is 276 g/mol. The van der Waals surface area contributed by atoms with E-state index in [1.165, 1.54) is 0 Å². The fourth-order valence-corrected chi connectivity index (χ4v) is 1.51. The van der Waals surface area contributed by atoms with Crippen molar-refractivity contribution in [3.8, 4) is 0 Å². The first-order valence-electron chi connectivity index (χ1n) is 6.81. The number of ether oxygens (including phenoxy) is 1. The summed E-state index contributed by atoms with van der Waals surface area (Å²) >= 11 is 0. The smallest absolute Gasteiger partial charge is 0.412 e. The number of amides is 1. The van der Waals surface area contributed by atoms with E-state index in [9.17, 15) is 4.79 Å². The highest BCUT2D eigenvalue weighted by atomic mass is 16.6. The number of nitrogens with zero attached hydrogens (tertiary/aromatic N) is 1. The third-order valence-corrected chi connectivity index (χ3v) is 2.44. The van der Waals surface area contributed by atoms with E-state index in [0.717, 1.165) is 11.1 Å². The molecule has 0 spiro atoms. The predicted octanol–water partition coefficient (Wildman–Crippen LogP) is 4.17. The van der Waals surface area contributed by atoms with Crippen LogP contribution in [0.15, 0.2) is 23.2 Å². The zero-order valence-corrected chi connectivity index (χ0v) is 13.2. The van der Waals surface area contributed by atoms with Gasteiger partial charge in [-0.1, -0.05) is 6.07 Å². The van der Waals surface area contributed by atoms with Crippen molar-refractivity contribution in [2.45, 2.75) is 53.2 Å². The summed E-state index contributed by atoms with van der Waals surface area (Å²) < 4.78 is 5.23. The first-order valence-corrected chi connectivity index (χ1v) is 6.81. The van der Waals surface area contributed by atoms with Gasteiger partial charge in [-0.25, -0.2) is 4.79 Å². The van der Waals surface area contributed by atoms with Crippen molar-refractivity contribution >= 4 is 18.0 Å². The van der Waals surface area contributed by atoms with Crippen molar-refractivity contribution in [2.24, 2.45) is 4.99 Å². The molecule has 1 aromatic rings. The van der Waals surface area contributed by atoms with Crippen LogP contribution in [0.25, 0.3) is 0 Å². The minimum absolute atomic E-state index is 0.247. The number of carbonyl (C=O) groups is 1. The lowest BCUT2D eigenvalue weighted by Gasteiger charge is -2.19. The SMILES string of the molecule is Cc1ccc(NC(=O)OC(C)(C)C)cc1C=NC(C)C. The van der Waals surface area contributed by atoms with E-state index in [1.54, 1.807) is 0 Å². The minimum Gasteiger partial charge on any atom is -0.444 e. The van der Waals surface area contributed by atoms with Crippen LogP contribution in [-0.2, 0) is 4.74 Å². The van der Waals surface area contributed by atoms with Crippen LogP contribution in [0, 0.1) is 6.92 Å². The number of anilines is 1. The molecule has 0 radical (unpaired) electrons. The second-order valence-electron chi connectivity index (χ2n) is 6.07. The molecule has 0 heterocycles. The molecule has 0 aliphatic rings. The molecule has 20 heavy (non-hydrogen) atoms. The normalized spacial score (nSPS) is 11.9. The van der Waals surface area contributed by atoms with E-state index in [1.807, 2.05) is 66.0 Å². The molecular weight excluding hydrogens is 252 g/mol. The fraction of sp³-hybridized carbons (Fsp3) is 0.500. The molecule has 4 nitrogen and oxygen atoms in total. The molecule has 110 valence electrons. The lowest BCUT2D eigenvalue weighted by Crippen LogP contribution is -2.27. The number of carbonyl (C=O) groups excluding carboxylic acids is 1. The Kier molecular flexibility index (Phi) is 5.31. The zero-order valence-electron chi connectivity index (χ0n) is 13.2. The molecule has 1 N–H and O–H groups in total. The minimum atomic E-state index is -0.503. The topological polar surface area (TPSA) is 50.7 Å². The first-order chi connectivity index (χ1) is 9.17. The monoisotopic (exact) mass is 276 g/mol. The molecule has 1 aromatic carbocycles. The molecular formula is C16H24N2O2. The van der Waals surface area contributed by atoms with Gasteiger partial charge in [0.25, 0.3) is 0 Å². The Hall–Kier alpha value is -1.84. The van der Waals surface area contributed by atoms with Crippen molar-refractivity contribution in [1.82, 2.24) is 0 Å². The highest BCUT2D eigenvalue weighted by molar-refractivity contribution is 5.88. The summed E-state index contributed by atoms with van der Waals surface area (Å²) in [5.74, 6) is 0. The van der Waals surface area contributed by atoms with Gasteiger partial charge in [0, 0.05) is 17.9 Å². The number of hydrogen-bond donors (Lipinski definition) is 1. The lowest BCUT2D eigenvalue weighted by molar-refractivity contribution is 0.0636. The number of benzene rings is 1. The number of rotatable bonds is 3. The maximum absolute atomic E-state index is 11.7. The number of nitrogens with one attached hydrogen (secondary N) is 1. The van der Waals surface area contributed by atoms with Crippen LogP contribution >= 0.6 is 0 Å². The van der Waals surface area contributed by atoms with E-state index in [0.29, 0.717) is 5.69 Å². The largest absolute Gasteiger partial charge is 0.444 e. The fourth-order valence-electron chi connectivity index (χ4n) is 1.51. The molecule has 0 atom stereocenters. The van der Waals surface area contributed by atoms with Gasteiger partial charge < -0.3 is 4.74 Å². The van der Waals surface area contributed by atoms with E-state index < -0.39 is 11.7 Å². The Morgan fingerprint density at radius 2 is 2.00 bits per heavy atom. The van der Waals surface area contributed by atoms with Crippen LogP contribution < -0.4 is 5.32 Å². The maximum Gasteiger partial charge on any atom is 0.412 e. The van der Waals surface area contributed by atoms with Crippen molar-refractivity contribution < 1.29 is 9.53 Å². The molecule has 0 saturated carbocycles. The number of aryl methyl sites for hydroxylation is 1. The predicted molar refractivity (Wildman–Crippen MR) is 83.8 cm³/mol. The van der Waals surface area contributed by atoms with Crippen LogP contribution in [0.3, 0.4) is 0 Å². The summed E-state index contributed by atoms with van der Waals surface area (Å²) in [6.07, 6.45) is 1.38. The highest BCUT2D eigenvalue weighted by Crippen LogP contribution is 2.16. The third kappa shape index (κ3) is 5.87. The highest BCUT2D eigenvalue weighted by Gasteiger charge is 2.16. The number of hydrogen-bond acceptors (Lipinski definition) is 3. The molecule has 1 amide bonds. The zero-order chi connectivity index (χ0) is 15.3. The van der Waals surface area contributed by atoms with Crippen LogP contribution in [0.1, 0.15) is 45.7 Å². The van der Waals surface area contributed by atoms with Gasteiger partial charge in [-0.15, -0.1) is 0 Å². The van der Waals surface area contributed by atoms with E-state index in [2.05, 4.69) is 10.3 Å². The van der Waals surface area contributed by atoms with E-state index in [-0.39, 0.29) is 6.04 Å². The van der Waals surface area contributed by atoms with E-state index in [4.69, 9.17) is 4.74 Å². The standard InChI is InChI=1S/C16H24N2O2/c1-11(2)17-10-13-9-14(8-7-12(13)3)18-15(19)20-16(4,5)6/h7-11H,1-6H3,(H,18,19). The Bertz CT molecular complexity index is 500. The molecule has 0 aromatic heterocycles. The summed E-state index contributed by atoms with van der Waals surface area (Å²) in [6, 6.07) is 5.95. The first kappa shape index (κ1) is 16.2. The quantitative estimate of drug-likeness (QED) is 0.842. The number of aliphatic imine (C=N–C) groups is 1. The summed E-state index contributed by atoms with van der Waals surface area (Å²) in [7, 11) is 0. The van der Waals surface area contributed by atoms with Crippen molar-refractivity contribution in [2.75, 3.05) is 5.32 Å². The molecule has 0 aliphatic carbocycles. The summed E-state index contributed by atoms with van der Waals surface area (Å²) in [4.78, 5) is 16.1. The van der Waals surface area contributed by atoms with Crippen molar-refractivity contribution in [3.63, 3.8) is 0 Å². The summed E-state index contributed by atoms with van der Waals surface area (Å²) in [5.41, 5.74) is 2.31. The van der Waals surface area contributed by atoms with Gasteiger partial charge in [0.15, 0.2) is 0 Å². The molecule has 1 rings (SSSR count). The molecule has 4 heteroatoms. The third-order valence-electron chi connectivity index (χ3n) is 2.44. The van der Waals surface area contributed by atoms with Crippen LogP contribution in [0.4, 0.5) is 10.5 Å². The van der Waals surface area contributed by atoms with Gasteiger partial charge in [-0.3, -0.25) is 10.3 Å². The molecule has 0 bridgehead atoms. The average Bonchev–Trinajstić information content (AvgIpc) is 2.27. The lowest BCUT2D eigenvalue weighted by atomic mass is 10.1. The summed E-state index contributed by atoms with van der Waals surface area (Å²) in [5, 5.41) is 2.73. The van der Waals surface area contributed by atoms with Gasteiger partial charge in [-0.2, -0.15) is 0 Å². The maximum atomic E-state index is 11.7. The van der Waals surface area contributed by atoms with Crippen LogP contribution in [-0.4, -0.2) is 24.0 Å². The van der Waals surface area contributed by atoms with Gasteiger partial charge in [0.05, 0.1) is 0 Å². The molecule has 0 saturated heterocycles. The van der Waals surface area contributed by atoms with Crippen molar-refractivity contribution in [1.29, 1.82) is 0 Å². The Morgan fingerprint density at radius 3 is 2.55 bits per heavy atom. The van der Waals surface area contributed by atoms with Gasteiger partial charge in [0.2, 0.25) is 0 Å². The Balaban J connectivity index is 2.82. The molecule has 0 aliphatic heterocycles. The Morgan fingerprint density at radius 1 is 1.35 bits per heavy atom. The van der Waals surface area contributed by atoms with Crippen LogP contribution in [0.2, 0.25) is 0 Å². The van der Waals surface area contributed by atoms with Gasteiger partial charge in [0.1, 0.15) is 5.60 Å². The second-order valence-corrected chi connectivity index (χ2v) is 6.07. The van der Waals surface area contributed by atoms with Crippen LogP contribution in [0.5, 0.6) is 0 Å².